The highest BCUT2D eigenvalue weighted by Crippen LogP contribution is 1.81. The molecule has 0 fully saturated rings. The van der Waals surface area contributed by atoms with Crippen molar-refractivity contribution in [2.24, 2.45) is 0 Å². The van der Waals surface area contributed by atoms with Crippen LogP contribution in [0.3, 0.4) is 0 Å². The van der Waals surface area contributed by atoms with Gasteiger partial charge in [0.25, 0.3) is 0 Å². The molecule has 1 amide bonds. The third-order valence-electron chi connectivity index (χ3n) is 1.03. The summed E-state index contributed by atoms with van der Waals surface area (Å²) in [5.74, 6) is -0.0208. The minimum atomic E-state index is -0.0208. The molecular formula is C9H21ClN2O. The lowest BCUT2D eigenvalue weighted by molar-refractivity contribution is -0.836. The van der Waals surface area contributed by atoms with Gasteiger partial charge >= 0.3 is 0 Å². The van der Waals surface area contributed by atoms with Crippen LogP contribution < -0.4 is 17.3 Å². The van der Waals surface area contributed by atoms with Crippen LogP contribution in [0, 0.1) is 0 Å². The zero-order chi connectivity index (χ0) is 10.1. The Hall–Kier alpha value is -0.540. The number of rotatable bonds is 2. The van der Waals surface area contributed by atoms with Gasteiger partial charge in [0.1, 0.15) is 0 Å². The number of carbonyl (C=O) groups is 1. The molecule has 0 saturated heterocycles. The van der Waals surface area contributed by atoms with E-state index in [0.29, 0.717) is 0 Å². The van der Waals surface area contributed by atoms with E-state index in [0.717, 1.165) is 6.54 Å². The lowest BCUT2D eigenvalue weighted by atomic mass is 10.5. The molecule has 0 aromatic rings. The number of hydrogen-bond acceptors (Lipinski definition) is 1. The van der Waals surface area contributed by atoms with E-state index in [1.165, 1.54) is 11.0 Å². The van der Waals surface area contributed by atoms with Gasteiger partial charge in [0, 0.05) is 13.6 Å². The van der Waals surface area contributed by atoms with Gasteiger partial charge in [0.2, 0.25) is 5.91 Å². The molecule has 0 aromatic heterocycles. The Balaban J connectivity index is -0.000000173. The lowest BCUT2D eigenvalue weighted by Crippen LogP contribution is -3.02. The van der Waals surface area contributed by atoms with Crippen LogP contribution in [0.1, 0.15) is 6.92 Å². The molecule has 0 bridgehead atoms. The first-order valence-corrected chi connectivity index (χ1v) is 4.10. The van der Waals surface area contributed by atoms with Crippen molar-refractivity contribution in [1.29, 1.82) is 0 Å². The third kappa shape index (κ3) is 18.4. The number of nitrogens with zero attached hydrogens (tertiary/aromatic N) is 1. The summed E-state index contributed by atoms with van der Waals surface area (Å²) in [6, 6.07) is 0. The average Bonchev–Trinajstić information content (AvgIpc) is 2.00. The summed E-state index contributed by atoms with van der Waals surface area (Å²) >= 11 is 0. The Morgan fingerprint density at radius 1 is 1.46 bits per heavy atom. The lowest BCUT2D eigenvalue weighted by Gasteiger charge is -2.09. The monoisotopic (exact) mass is 208 g/mol. The maximum atomic E-state index is 10.6. The van der Waals surface area contributed by atoms with Crippen molar-refractivity contribution >= 4 is 5.91 Å². The molecule has 3 nitrogen and oxygen atoms in total. The molecule has 0 saturated carbocycles. The molecule has 4 heteroatoms. The third-order valence-corrected chi connectivity index (χ3v) is 1.03. The van der Waals surface area contributed by atoms with E-state index < -0.39 is 0 Å². The van der Waals surface area contributed by atoms with Crippen molar-refractivity contribution in [3.63, 3.8) is 0 Å². The summed E-state index contributed by atoms with van der Waals surface area (Å²) in [6.45, 7) is 6.00. The van der Waals surface area contributed by atoms with E-state index in [9.17, 15) is 4.79 Å². The van der Waals surface area contributed by atoms with Crippen molar-refractivity contribution < 1.29 is 22.1 Å². The number of quaternary nitrogens is 1. The minimum Gasteiger partial charge on any atom is -1.00 e. The highest BCUT2D eigenvalue weighted by atomic mass is 35.5. The van der Waals surface area contributed by atoms with Crippen LogP contribution in [-0.2, 0) is 4.79 Å². The molecule has 0 radical (unpaired) electrons. The van der Waals surface area contributed by atoms with Crippen LogP contribution in [0.25, 0.3) is 0 Å². The van der Waals surface area contributed by atoms with Crippen LogP contribution in [0.2, 0.25) is 0 Å². The number of amides is 1. The largest absolute Gasteiger partial charge is 1.00 e. The maximum Gasteiger partial charge on any atom is 0.245 e. The first-order chi connectivity index (χ1) is 5.45. The summed E-state index contributed by atoms with van der Waals surface area (Å²) in [6.07, 6.45) is 1.31. The molecule has 0 aliphatic rings. The predicted molar refractivity (Wildman–Crippen MR) is 52.2 cm³/mol. The fourth-order valence-electron chi connectivity index (χ4n) is 0.312. The van der Waals surface area contributed by atoms with Crippen molar-refractivity contribution in [2.45, 2.75) is 6.92 Å². The molecule has 0 aliphatic carbocycles. The maximum absolute atomic E-state index is 10.6. The second kappa shape index (κ2) is 11.5. The van der Waals surface area contributed by atoms with Gasteiger partial charge in [-0.1, -0.05) is 6.58 Å². The zero-order valence-corrected chi connectivity index (χ0v) is 9.98. The van der Waals surface area contributed by atoms with E-state index in [1.807, 2.05) is 6.92 Å². The molecule has 0 aliphatic heterocycles. The fourth-order valence-corrected chi connectivity index (χ4v) is 0.312. The van der Waals surface area contributed by atoms with Gasteiger partial charge in [-0.05, 0) is 13.0 Å². The number of carbonyl (C=O) groups excluding carboxylic acids is 1. The molecule has 0 spiro atoms. The zero-order valence-electron chi connectivity index (χ0n) is 9.22. The van der Waals surface area contributed by atoms with Gasteiger partial charge in [-0.2, -0.15) is 0 Å². The molecule has 0 rings (SSSR count). The van der Waals surface area contributed by atoms with Crippen molar-refractivity contribution in [3.8, 4) is 0 Å². The molecule has 0 atom stereocenters. The highest BCUT2D eigenvalue weighted by Gasteiger charge is 1.96. The first-order valence-electron chi connectivity index (χ1n) is 4.10. The second-order valence-corrected chi connectivity index (χ2v) is 3.06. The van der Waals surface area contributed by atoms with Crippen LogP contribution in [0.15, 0.2) is 12.7 Å². The minimum absolute atomic E-state index is 0. The molecule has 0 unspecified atom stereocenters. The molecule has 80 valence electrons. The first kappa shape index (κ1) is 18.3. The topological polar surface area (TPSA) is 24.8 Å². The standard InChI is InChI=1S/C6H11NO.C3H9N.ClH/c1-4-6(8)7(3)5-2;1-4(2)3;/h4H,1,5H2,2-3H3;1-3H3;1H. The number of likely N-dealkylation sites (N-methyl/N-ethyl adjacent to an activating group) is 1. The van der Waals surface area contributed by atoms with Gasteiger partial charge in [-0.25, -0.2) is 0 Å². The Bertz CT molecular complexity index is 135. The molecule has 13 heavy (non-hydrogen) atoms. The molecule has 0 heterocycles. The van der Waals surface area contributed by atoms with Crippen LogP contribution in [0.4, 0.5) is 0 Å². The summed E-state index contributed by atoms with van der Waals surface area (Å²) < 4.78 is 0. The quantitative estimate of drug-likeness (QED) is 0.467. The fraction of sp³-hybridized carbons (Fsp3) is 0.667. The van der Waals surface area contributed by atoms with E-state index in [-0.39, 0.29) is 18.3 Å². The Morgan fingerprint density at radius 3 is 1.85 bits per heavy atom. The van der Waals surface area contributed by atoms with Crippen molar-refractivity contribution in [2.75, 3.05) is 34.7 Å². The normalized spacial score (nSPS) is 7.85. The van der Waals surface area contributed by atoms with Crippen LogP contribution in [-0.4, -0.2) is 45.5 Å². The summed E-state index contributed by atoms with van der Waals surface area (Å²) in [4.78, 5) is 13.6. The summed E-state index contributed by atoms with van der Waals surface area (Å²) in [7, 11) is 7.99. The predicted octanol–water partition coefficient (Wildman–Crippen LogP) is -3.58. The highest BCUT2D eigenvalue weighted by molar-refractivity contribution is 5.86. The number of nitrogens with one attached hydrogen (secondary N) is 1. The van der Waals surface area contributed by atoms with Gasteiger partial charge in [0.15, 0.2) is 0 Å². The molecular weight excluding hydrogens is 188 g/mol. The molecule has 0 aromatic carbocycles. The van der Waals surface area contributed by atoms with Gasteiger partial charge in [-0.3, -0.25) is 4.79 Å². The Morgan fingerprint density at radius 2 is 1.77 bits per heavy atom. The average molecular weight is 209 g/mol. The van der Waals surface area contributed by atoms with E-state index >= 15 is 0 Å². The van der Waals surface area contributed by atoms with Crippen LogP contribution in [0.5, 0.6) is 0 Å². The Labute approximate surface area is 87.8 Å². The van der Waals surface area contributed by atoms with E-state index in [1.54, 1.807) is 11.9 Å². The van der Waals surface area contributed by atoms with Gasteiger partial charge < -0.3 is 22.2 Å². The van der Waals surface area contributed by atoms with Crippen molar-refractivity contribution in [1.82, 2.24) is 4.90 Å². The summed E-state index contributed by atoms with van der Waals surface area (Å²) in [5.41, 5.74) is 0. The Kier molecular flexibility index (Phi) is 16.1. The SMILES string of the molecule is C=CC(=O)N(C)CC.C[NH+](C)C.[Cl-]. The second-order valence-electron chi connectivity index (χ2n) is 3.06. The van der Waals surface area contributed by atoms with Gasteiger partial charge in [0.05, 0.1) is 21.1 Å². The molecule has 1 N–H and O–H groups in total. The van der Waals surface area contributed by atoms with Crippen molar-refractivity contribution in [3.05, 3.63) is 12.7 Å². The van der Waals surface area contributed by atoms with Gasteiger partial charge in [-0.15, -0.1) is 0 Å². The summed E-state index contributed by atoms with van der Waals surface area (Å²) in [5, 5.41) is 0. The number of hydrogen-bond donors (Lipinski definition) is 1. The number of halogens is 1. The van der Waals surface area contributed by atoms with E-state index in [2.05, 4.69) is 27.7 Å². The van der Waals surface area contributed by atoms with E-state index in [4.69, 9.17) is 0 Å². The smallest absolute Gasteiger partial charge is 0.245 e. The van der Waals surface area contributed by atoms with Crippen LogP contribution >= 0.6 is 0 Å².